The highest BCUT2D eigenvalue weighted by atomic mass is 32.1. The molecule has 6 nitrogen and oxygen atoms in total. The molecule has 78 valence electrons. The van der Waals surface area contributed by atoms with Crippen LogP contribution in [-0.4, -0.2) is 31.1 Å². The van der Waals surface area contributed by atoms with Crippen molar-refractivity contribution in [3.63, 3.8) is 0 Å². The van der Waals surface area contributed by atoms with Gasteiger partial charge in [-0.15, -0.1) is 0 Å². The summed E-state index contributed by atoms with van der Waals surface area (Å²) in [5.41, 5.74) is 0.336. The molecule has 0 radical (unpaired) electrons. The molecule has 0 fully saturated rings. The highest BCUT2D eigenvalue weighted by Crippen LogP contribution is 2.25. The van der Waals surface area contributed by atoms with Crippen molar-refractivity contribution in [2.45, 2.75) is 12.8 Å². The molecule has 0 saturated carbocycles. The minimum atomic E-state index is -0.871. The van der Waals surface area contributed by atoms with Gasteiger partial charge in [-0.1, -0.05) is 11.3 Å². The molecule has 0 aliphatic heterocycles. The van der Waals surface area contributed by atoms with Gasteiger partial charge in [-0.3, -0.25) is 4.79 Å². The van der Waals surface area contributed by atoms with E-state index in [1.807, 2.05) is 0 Å². The van der Waals surface area contributed by atoms with E-state index in [4.69, 9.17) is 5.11 Å². The zero-order valence-corrected chi connectivity index (χ0v) is 8.36. The third-order valence-electron chi connectivity index (χ3n) is 1.77. The van der Waals surface area contributed by atoms with Crippen LogP contribution in [0.25, 0.3) is 10.3 Å². The van der Waals surface area contributed by atoms with Crippen LogP contribution >= 0.6 is 11.3 Å². The van der Waals surface area contributed by atoms with Gasteiger partial charge in [0, 0.05) is 6.42 Å². The monoisotopic (exact) mass is 225 g/mol. The maximum absolute atomic E-state index is 10.4. The predicted octanol–water partition coefficient (Wildman–Crippen LogP) is 0.809. The maximum Gasteiger partial charge on any atom is 0.303 e. The molecule has 0 atom stereocenters. The number of thiazole rings is 1. The number of rotatable bonds is 3. The lowest BCUT2D eigenvalue weighted by Crippen LogP contribution is -1.96. The normalized spacial score (nSPS) is 10.7. The van der Waals surface area contributed by atoms with E-state index in [1.165, 1.54) is 17.7 Å². The zero-order chi connectivity index (χ0) is 10.8. The van der Waals surface area contributed by atoms with Crippen LogP contribution in [0.5, 0.6) is 5.88 Å². The Kier molecular flexibility index (Phi) is 2.46. The lowest BCUT2D eigenvalue weighted by atomic mass is 10.3. The molecule has 0 unspecified atom stereocenters. The van der Waals surface area contributed by atoms with Crippen LogP contribution in [0.2, 0.25) is 0 Å². The Morgan fingerprint density at radius 2 is 2.27 bits per heavy atom. The fourth-order valence-electron chi connectivity index (χ4n) is 1.11. The lowest BCUT2D eigenvalue weighted by Gasteiger charge is -1.89. The number of aliphatic carboxylic acids is 1. The molecule has 0 aromatic carbocycles. The first-order valence-corrected chi connectivity index (χ1v) is 4.99. The van der Waals surface area contributed by atoms with Crippen LogP contribution in [0.1, 0.15) is 11.4 Å². The Balaban J connectivity index is 2.31. The molecule has 0 spiro atoms. The van der Waals surface area contributed by atoms with E-state index in [-0.39, 0.29) is 12.3 Å². The Bertz CT molecular complexity index is 511. The van der Waals surface area contributed by atoms with Crippen molar-refractivity contribution >= 4 is 27.7 Å². The molecule has 0 amide bonds. The van der Waals surface area contributed by atoms with E-state index in [1.54, 1.807) is 0 Å². The van der Waals surface area contributed by atoms with E-state index in [0.717, 1.165) is 0 Å². The molecule has 7 heteroatoms. The number of hydrogen-bond donors (Lipinski definition) is 2. The summed E-state index contributed by atoms with van der Waals surface area (Å²) in [5, 5.41) is 18.5. The average Bonchev–Trinajstić information content (AvgIpc) is 2.59. The standard InChI is InChI=1S/C8H7N3O3S/c12-5(13)2-1-4-11-6-7(14)9-3-10-8(6)15-4/h3H,1-2H2,(H,12,13)(H,9,10,14). The van der Waals surface area contributed by atoms with Gasteiger partial charge in [0.15, 0.2) is 10.3 Å². The topological polar surface area (TPSA) is 96.2 Å². The Labute approximate surface area is 88.3 Å². The first kappa shape index (κ1) is 9.78. The maximum atomic E-state index is 10.4. The molecule has 2 aromatic rings. The smallest absolute Gasteiger partial charge is 0.303 e. The van der Waals surface area contributed by atoms with Crippen molar-refractivity contribution in [2.75, 3.05) is 0 Å². The van der Waals surface area contributed by atoms with E-state index >= 15 is 0 Å². The second-order valence-electron chi connectivity index (χ2n) is 2.85. The Morgan fingerprint density at radius 1 is 1.47 bits per heavy atom. The second kappa shape index (κ2) is 3.77. The van der Waals surface area contributed by atoms with Crippen molar-refractivity contribution in [2.24, 2.45) is 0 Å². The average molecular weight is 225 g/mol. The molecule has 0 aliphatic carbocycles. The van der Waals surface area contributed by atoms with E-state index < -0.39 is 5.97 Å². The first-order chi connectivity index (χ1) is 7.16. The fraction of sp³-hybridized carbons (Fsp3) is 0.250. The molecule has 2 rings (SSSR count). The van der Waals surface area contributed by atoms with E-state index in [0.29, 0.717) is 21.8 Å². The molecular weight excluding hydrogens is 218 g/mol. The summed E-state index contributed by atoms with van der Waals surface area (Å²) in [4.78, 5) is 22.5. The van der Waals surface area contributed by atoms with Gasteiger partial charge in [0.2, 0.25) is 5.88 Å². The van der Waals surface area contributed by atoms with Crippen LogP contribution in [0.15, 0.2) is 6.33 Å². The Hall–Kier alpha value is -1.76. The molecule has 2 aromatic heterocycles. The number of carbonyl (C=O) groups is 1. The van der Waals surface area contributed by atoms with Gasteiger partial charge in [-0.25, -0.2) is 9.97 Å². The van der Waals surface area contributed by atoms with Crippen molar-refractivity contribution in [1.29, 1.82) is 0 Å². The summed E-state index contributed by atoms with van der Waals surface area (Å²) in [6, 6.07) is 0. The number of aryl methyl sites for hydroxylation is 1. The van der Waals surface area contributed by atoms with E-state index in [2.05, 4.69) is 15.0 Å². The van der Waals surface area contributed by atoms with E-state index in [9.17, 15) is 9.90 Å². The number of aromatic hydroxyl groups is 1. The molecule has 2 N–H and O–H groups in total. The van der Waals surface area contributed by atoms with Crippen LogP contribution < -0.4 is 0 Å². The molecule has 15 heavy (non-hydrogen) atoms. The number of nitrogens with zero attached hydrogens (tertiary/aromatic N) is 3. The van der Waals surface area contributed by atoms with Crippen LogP contribution in [-0.2, 0) is 11.2 Å². The fourth-order valence-corrected chi connectivity index (χ4v) is 2.00. The first-order valence-electron chi connectivity index (χ1n) is 4.18. The van der Waals surface area contributed by atoms with Gasteiger partial charge >= 0.3 is 5.97 Å². The van der Waals surface area contributed by atoms with Gasteiger partial charge in [-0.05, 0) is 0 Å². The number of hydrogen-bond acceptors (Lipinski definition) is 6. The largest absolute Gasteiger partial charge is 0.492 e. The van der Waals surface area contributed by atoms with Crippen molar-refractivity contribution < 1.29 is 15.0 Å². The second-order valence-corrected chi connectivity index (χ2v) is 3.91. The summed E-state index contributed by atoms with van der Waals surface area (Å²) in [6.07, 6.45) is 1.61. The quantitative estimate of drug-likeness (QED) is 0.802. The van der Waals surface area contributed by atoms with Crippen LogP contribution in [0, 0.1) is 0 Å². The van der Waals surface area contributed by atoms with Gasteiger partial charge in [0.05, 0.1) is 11.4 Å². The summed E-state index contributed by atoms with van der Waals surface area (Å²) in [7, 11) is 0. The van der Waals surface area contributed by atoms with Gasteiger partial charge in [0.25, 0.3) is 0 Å². The summed E-state index contributed by atoms with van der Waals surface area (Å²) >= 11 is 1.27. The SMILES string of the molecule is O=C(O)CCc1nc2c(O)ncnc2s1. The zero-order valence-electron chi connectivity index (χ0n) is 7.54. The van der Waals surface area contributed by atoms with Gasteiger partial charge in [-0.2, -0.15) is 4.98 Å². The third kappa shape index (κ3) is 2.01. The summed E-state index contributed by atoms with van der Waals surface area (Å²) < 4.78 is 0. The van der Waals surface area contributed by atoms with Crippen LogP contribution in [0.3, 0.4) is 0 Å². The number of carboxylic acid groups (broad SMARTS) is 1. The number of aromatic nitrogens is 3. The minimum Gasteiger partial charge on any atom is -0.492 e. The van der Waals surface area contributed by atoms with Crippen molar-refractivity contribution in [3.05, 3.63) is 11.3 Å². The molecule has 0 aliphatic rings. The third-order valence-corrected chi connectivity index (χ3v) is 2.80. The van der Waals surface area contributed by atoms with Gasteiger partial charge < -0.3 is 10.2 Å². The van der Waals surface area contributed by atoms with Gasteiger partial charge in [0.1, 0.15) is 6.33 Å². The predicted molar refractivity (Wildman–Crippen MR) is 52.8 cm³/mol. The van der Waals surface area contributed by atoms with Crippen molar-refractivity contribution in [3.8, 4) is 5.88 Å². The highest BCUT2D eigenvalue weighted by molar-refractivity contribution is 7.18. The van der Waals surface area contributed by atoms with Crippen LogP contribution in [0.4, 0.5) is 0 Å². The van der Waals surface area contributed by atoms with Crippen molar-refractivity contribution in [1.82, 2.24) is 15.0 Å². The molecule has 0 bridgehead atoms. The molecule has 2 heterocycles. The highest BCUT2D eigenvalue weighted by Gasteiger charge is 2.10. The minimum absolute atomic E-state index is 0.0218. The summed E-state index contributed by atoms with van der Waals surface area (Å²) in [5.74, 6) is -1.04. The molecule has 0 saturated heterocycles. The number of carboxylic acids is 1. The lowest BCUT2D eigenvalue weighted by molar-refractivity contribution is -0.136. The number of fused-ring (bicyclic) bond motifs is 1. The molecular formula is C8H7N3O3S. The summed E-state index contributed by atoms with van der Waals surface area (Å²) in [6.45, 7) is 0. The Morgan fingerprint density at radius 3 is 2.93 bits per heavy atom.